The first-order valence-corrected chi connectivity index (χ1v) is 8.10. The van der Waals surface area contributed by atoms with Crippen LogP contribution in [0.5, 0.6) is 5.75 Å². The highest BCUT2D eigenvalue weighted by Crippen LogP contribution is 2.28. The summed E-state index contributed by atoms with van der Waals surface area (Å²) < 4.78 is 32.6. The molecule has 0 aliphatic heterocycles. The molecule has 0 saturated carbocycles. The molecule has 0 amide bonds. The van der Waals surface area contributed by atoms with Crippen LogP contribution in [0.2, 0.25) is 0 Å². The quantitative estimate of drug-likeness (QED) is 0.834. The van der Waals surface area contributed by atoms with Gasteiger partial charge in [0, 0.05) is 7.05 Å². The number of rotatable bonds is 5. The van der Waals surface area contributed by atoms with E-state index in [-0.39, 0.29) is 4.90 Å². The zero-order valence-corrected chi connectivity index (χ0v) is 13.7. The van der Waals surface area contributed by atoms with Crippen molar-refractivity contribution in [1.29, 1.82) is 0 Å². The lowest BCUT2D eigenvalue weighted by atomic mass is 10.3. The van der Waals surface area contributed by atoms with Gasteiger partial charge in [0.15, 0.2) is 0 Å². The highest BCUT2D eigenvalue weighted by molar-refractivity contribution is 9.10. The van der Waals surface area contributed by atoms with E-state index in [0.29, 0.717) is 21.9 Å². The lowest BCUT2D eigenvalue weighted by Crippen LogP contribution is -2.14. The summed E-state index contributed by atoms with van der Waals surface area (Å²) >= 11 is 3.30. The Morgan fingerprint density at radius 2 is 1.90 bits per heavy atom. The molecule has 0 atom stereocenters. The van der Waals surface area contributed by atoms with Crippen molar-refractivity contribution in [2.24, 2.45) is 0 Å². The van der Waals surface area contributed by atoms with Crippen LogP contribution in [0.25, 0.3) is 0 Å². The Kier molecular flexibility index (Phi) is 4.63. The zero-order chi connectivity index (χ0) is 15.5. The molecule has 0 bridgehead atoms. The standard InChI is InChI=1S/C12H13BrN4O3S/c1-14-12-15-6-9(7-16-12)21(18,19)17-8-3-4-11(20-2)10(13)5-8/h3-7,17H,1-2H3,(H,14,15,16). The number of hydrogen-bond acceptors (Lipinski definition) is 6. The smallest absolute Gasteiger partial charge is 0.264 e. The summed E-state index contributed by atoms with van der Waals surface area (Å²) in [5.41, 5.74) is 0.403. The van der Waals surface area contributed by atoms with Gasteiger partial charge in [0.2, 0.25) is 5.95 Å². The van der Waals surface area contributed by atoms with E-state index in [0.717, 1.165) is 0 Å². The molecule has 1 aromatic carbocycles. The summed E-state index contributed by atoms with van der Waals surface area (Å²) in [5, 5.41) is 2.72. The summed E-state index contributed by atoms with van der Waals surface area (Å²) in [7, 11) is -0.557. The molecule has 2 N–H and O–H groups in total. The zero-order valence-electron chi connectivity index (χ0n) is 11.3. The Labute approximate surface area is 130 Å². The summed E-state index contributed by atoms with van der Waals surface area (Å²) in [6.07, 6.45) is 2.47. The van der Waals surface area contributed by atoms with Crippen LogP contribution in [0.3, 0.4) is 0 Å². The number of nitrogens with one attached hydrogen (secondary N) is 2. The van der Waals surface area contributed by atoms with Crippen LogP contribution in [-0.4, -0.2) is 32.5 Å². The number of benzene rings is 1. The molecule has 0 aliphatic rings. The number of hydrogen-bond donors (Lipinski definition) is 2. The van der Waals surface area contributed by atoms with Crippen LogP contribution in [0, 0.1) is 0 Å². The molecular weight excluding hydrogens is 360 g/mol. The number of aromatic nitrogens is 2. The fourth-order valence-corrected chi connectivity index (χ4v) is 3.01. The first-order valence-electron chi connectivity index (χ1n) is 5.82. The van der Waals surface area contributed by atoms with Crippen LogP contribution >= 0.6 is 15.9 Å². The van der Waals surface area contributed by atoms with Gasteiger partial charge in [-0.25, -0.2) is 18.4 Å². The predicted octanol–water partition coefficient (Wildman–Crippen LogP) is 2.09. The molecule has 0 saturated heterocycles. The number of ether oxygens (including phenoxy) is 1. The topological polar surface area (TPSA) is 93.2 Å². The number of sulfonamides is 1. The van der Waals surface area contributed by atoms with Gasteiger partial charge >= 0.3 is 0 Å². The molecule has 0 fully saturated rings. The van der Waals surface area contributed by atoms with E-state index in [1.165, 1.54) is 19.5 Å². The SMILES string of the molecule is CNc1ncc(S(=O)(=O)Nc2ccc(OC)c(Br)c2)cn1. The summed E-state index contributed by atoms with van der Waals surface area (Å²) in [6.45, 7) is 0. The fourth-order valence-electron chi connectivity index (χ4n) is 1.53. The van der Waals surface area contributed by atoms with Gasteiger partial charge < -0.3 is 10.1 Å². The van der Waals surface area contributed by atoms with Crippen molar-refractivity contribution < 1.29 is 13.2 Å². The molecular formula is C12H13BrN4O3S. The van der Waals surface area contributed by atoms with Crippen LogP contribution in [0.4, 0.5) is 11.6 Å². The van der Waals surface area contributed by atoms with Crippen LogP contribution in [0.1, 0.15) is 0 Å². The minimum Gasteiger partial charge on any atom is -0.496 e. The van der Waals surface area contributed by atoms with E-state index in [4.69, 9.17) is 4.74 Å². The third-order valence-corrected chi connectivity index (χ3v) is 4.52. The van der Waals surface area contributed by atoms with Crippen LogP contribution < -0.4 is 14.8 Å². The molecule has 1 heterocycles. The second-order valence-corrected chi connectivity index (χ2v) is 6.48. The van der Waals surface area contributed by atoms with Crippen molar-refractivity contribution in [1.82, 2.24) is 9.97 Å². The van der Waals surface area contributed by atoms with Gasteiger partial charge in [0.05, 0.1) is 29.7 Å². The predicted molar refractivity (Wildman–Crippen MR) is 83.1 cm³/mol. The highest BCUT2D eigenvalue weighted by atomic mass is 79.9. The van der Waals surface area contributed by atoms with Gasteiger partial charge in [0.25, 0.3) is 10.0 Å². The van der Waals surface area contributed by atoms with Gasteiger partial charge in [-0.15, -0.1) is 0 Å². The Bertz CT molecular complexity index is 735. The highest BCUT2D eigenvalue weighted by Gasteiger charge is 2.16. The van der Waals surface area contributed by atoms with Crippen LogP contribution in [-0.2, 0) is 10.0 Å². The Morgan fingerprint density at radius 3 is 2.43 bits per heavy atom. The molecule has 21 heavy (non-hydrogen) atoms. The third kappa shape index (κ3) is 3.61. The number of methoxy groups -OCH3 is 1. The van der Waals surface area contributed by atoms with E-state index in [1.54, 1.807) is 25.2 Å². The maximum atomic E-state index is 12.2. The van der Waals surface area contributed by atoms with E-state index in [1.807, 2.05) is 0 Å². The average molecular weight is 373 g/mol. The number of anilines is 2. The fraction of sp³-hybridized carbons (Fsp3) is 0.167. The molecule has 1 aromatic heterocycles. The molecule has 7 nitrogen and oxygen atoms in total. The largest absolute Gasteiger partial charge is 0.496 e. The Hall–Kier alpha value is -1.87. The lowest BCUT2D eigenvalue weighted by Gasteiger charge is -2.10. The molecule has 2 aromatic rings. The maximum absolute atomic E-state index is 12.2. The lowest BCUT2D eigenvalue weighted by molar-refractivity contribution is 0.412. The summed E-state index contributed by atoms with van der Waals surface area (Å²) in [4.78, 5) is 7.74. The van der Waals surface area contributed by atoms with Gasteiger partial charge in [-0.05, 0) is 34.1 Å². The van der Waals surface area contributed by atoms with Gasteiger partial charge in [-0.1, -0.05) is 0 Å². The van der Waals surface area contributed by atoms with Crippen LogP contribution in [0.15, 0.2) is 40.0 Å². The van der Waals surface area contributed by atoms with E-state index in [2.05, 4.69) is 35.9 Å². The molecule has 0 aliphatic carbocycles. The minimum atomic E-state index is -3.74. The molecule has 0 unspecified atom stereocenters. The van der Waals surface area contributed by atoms with Gasteiger partial charge in [-0.3, -0.25) is 4.72 Å². The minimum absolute atomic E-state index is 0.0200. The van der Waals surface area contributed by atoms with Crippen molar-refractivity contribution in [3.63, 3.8) is 0 Å². The summed E-state index contributed by atoms with van der Waals surface area (Å²) in [5.74, 6) is 0.959. The van der Waals surface area contributed by atoms with Crippen molar-refractivity contribution in [3.8, 4) is 5.75 Å². The maximum Gasteiger partial charge on any atom is 0.264 e. The van der Waals surface area contributed by atoms with Crippen molar-refractivity contribution in [2.45, 2.75) is 4.90 Å². The third-order valence-electron chi connectivity index (χ3n) is 2.57. The van der Waals surface area contributed by atoms with E-state index >= 15 is 0 Å². The second kappa shape index (κ2) is 6.27. The van der Waals surface area contributed by atoms with Crippen molar-refractivity contribution in [3.05, 3.63) is 35.1 Å². The monoisotopic (exact) mass is 372 g/mol. The molecule has 2 rings (SSSR count). The number of halogens is 1. The molecule has 0 spiro atoms. The van der Waals surface area contributed by atoms with Gasteiger partial charge in [-0.2, -0.15) is 0 Å². The average Bonchev–Trinajstić information content (AvgIpc) is 2.47. The summed E-state index contributed by atoms with van der Waals surface area (Å²) in [6, 6.07) is 4.87. The second-order valence-electron chi connectivity index (χ2n) is 3.95. The first-order chi connectivity index (χ1) is 9.96. The normalized spacial score (nSPS) is 11.0. The van der Waals surface area contributed by atoms with Gasteiger partial charge in [0.1, 0.15) is 10.6 Å². The first kappa shape index (κ1) is 15.5. The molecule has 112 valence electrons. The van der Waals surface area contributed by atoms with Crippen molar-refractivity contribution >= 4 is 37.6 Å². The number of nitrogens with zero attached hydrogens (tertiary/aromatic N) is 2. The Balaban J connectivity index is 2.26. The van der Waals surface area contributed by atoms with Crippen molar-refractivity contribution in [2.75, 3.05) is 24.2 Å². The van der Waals surface area contributed by atoms with E-state index in [9.17, 15) is 8.42 Å². The van der Waals surface area contributed by atoms with E-state index < -0.39 is 10.0 Å². The Morgan fingerprint density at radius 1 is 1.24 bits per heavy atom. The molecule has 0 radical (unpaired) electrons. The molecule has 9 heteroatoms.